The number of para-hydroxylation sites is 2. The van der Waals surface area contributed by atoms with Gasteiger partial charge in [0, 0.05) is 0 Å². The van der Waals surface area contributed by atoms with E-state index < -0.39 is 11.8 Å². The molecule has 0 spiro atoms. The molecule has 0 unspecified atom stereocenters. The number of nitrogens with zero attached hydrogens (tertiary/aromatic N) is 1. The standard InChI is InChI=1S/C15H11Cl4N3O3/c16-10-11(17)13(22-14(19)12(10)18)15(24)21-7-3-1-2-4-8(7)25-6-5-9(20)23/h1-4H,5-6H2,(H2,20,23)(H,21,24). The molecule has 2 aromatic rings. The number of aromatic nitrogens is 1. The van der Waals surface area contributed by atoms with Gasteiger partial charge >= 0.3 is 0 Å². The Bertz CT molecular complexity index is 830. The molecule has 2 rings (SSSR count). The first-order valence-corrected chi connectivity index (χ1v) is 8.34. The number of hydrogen-bond donors (Lipinski definition) is 2. The van der Waals surface area contributed by atoms with Crippen LogP contribution in [0.5, 0.6) is 5.75 Å². The lowest BCUT2D eigenvalue weighted by atomic mass is 10.2. The molecule has 0 aliphatic carbocycles. The van der Waals surface area contributed by atoms with Gasteiger partial charge < -0.3 is 15.8 Å². The molecule has 3 N–H and O–H groups in total. The zero-order valence-electron chi connectivity index (χ0n) is 12.5. The smallest absolute Gasteiger partial charge is 0.276 e. The van der Waals surface area contributed by atoms with Crippen LogP contribution in [0.25, 0.3) is 0 Å². The fraction of sp³-hybridized carbons (Fsp3) is 0.133. The lowest BCUT2D eigenvalue weighted by Gasteiger charge is -2.13. The molecular formula is C15H11Cl4N3O3. The Kier molecular flexibility index (Phi) is 6.72. The van der Waals surface area contributed by atoms with Crippen molar-refractivity contribution in [2.45, 2.75) is 6.42 Å². The molecule has 0 saturated carbocycles. The Labute approximate surface area is 163 Å². The van der Waals surface area contributed by atoms with Gasteiger partial charge in [0.15, 0.2) is 0 Å². The van der Waals surface area contributed by atoms with Crippen molar-refractivity contribution >= 4 is 63.9 Å². The first-order valence-electron chi connectivity index (χ1n) is 6.82. The zero-order chi connectivity index (χ0) is 18.6. The third-order valence-electron chi connectivity index (χ3n) is 2.94. The summed E-state index contributed by atoms with van der Waals surface area (Å²) >= 11 is 23.6. The van der Waals surface area contributed by atoms with E-state index in [0.29, 0.717) is 11.4 Å². The van der Waals surface area contributed by atoms with E-state index in [1.165, 1.54) is 0 Å². The van der Waals surface area contributed by atoms with Crippen molar-refractivity contribution in [3.8, 4) is 5.75 Å². The second-order valence-electron chi connectivity index (χ2n) is 4.71. The maximum atomic E-state index is 12.4. The number of ether oxygens (including phenoxy) is 1. The van der Waals surface area contributed by atoms with Crippen LogP contribution in [0.2, 0.25) is 20.2 Å². The minimum atomic E-state index is -0.656. The molecule has 0 atom stereocenters. The lowest BCUT2D eigenvalue weighted by Crippen LogP contribution is -2.17. The van der Waals surface area contributed by atoms with Crippen LogP contribution in [0.15, 0.2) is 24.3 Å². The number of carbonyl (C=O) groups is 2. The van der Waals surface area contributed by atoms with Gasteiger partial charge in [-0.1, -0.05) is 58.5 Å². The number of nitrogens with two attached hydrogens (primary N) is 1. The second-order valence-corrected chi connectivity index (χ2v) is 6.20. The van der Waals surface area contributed by atoms with Crippen LogP contribution in [0.4, 0.5) is 5.69 Å². The molecule has 0 bridgehead atoms. The molecule has 2 amide bonds. The summed E-state index contributed by atoms with van der Waals surface area (Å²) < 4.78 is 5.44. The maximum absolute atomic E-state index is 12.4. The minimum absolute atomic E-state index is 0.0397. The molecule has 25 heavy (non-hydrogen) atoms. The summed E-state index contributed by atoms with van der Waals surface area (Å²) in [7, 11) is 0. The highest BCUT2D eigenvalue weighted by Gasteiger charge is 2.21. The van der Waals surface area contributed by atoms with E-state index in [1.807, 2.05) is 0 Å². The molecule has 1 aromatic heterocycles. The lowest BCUT2D eigenvalue weighted by molar-refractivity contribution is -0.118. The topological polar surface area (TPSA) is 94.3 Å². The van der Waals surface area contributed by atoms with Gasteiger partial charge in [-0.2, -0.15) is 0 Å². The van der Waals surface area contributed by atoms with E-state index in [4.69, 9.17) is 56.9 Å². The highest BCUT2D eigenvalue weighted by molar-refractivity contribution is 6.52. The number of halogens is 4. The molecule has 0 saturated heterocycles. The van der Waals surface area contributed by atoms with Crippen molar-refractivity contribution in [2.75, 3.05) is 11.9 Å². The van der Waals surface area contributed by atoms with E-state index >= 15 is 0 Å². The Morgan fingerprint density at radius 2 is 1.76 bits per heavy atom. The average molecular weight is 423 g/mol. The summed E-state index contributed by atoms with van der Waals surface area (Å²) in [6.45, 7) is 0.0693. The van der Waals surface area contributed by atoms with E-state index in [2.05, 4.69) is 10.3 Å². The molecular weight excluding hydrogens is 412 g/mol. The number of anilines is 1. The molecule has 0 fully saturated rings. The van der Waals surface area contributed by atoms with Crippen LogP contribution in [-0.4, -0.2) is 23.4 Å². The van der Waals surface area contributed by atoms with Gasteiger partial charge in [-0.15, -0.1) is 0 Å². The summed E-state index contributed by atoms with van der Waals surface area (Å²) in [5.41, 5.74) is 5.22. The Morgan fingerprint density at radius 3 is 2.44 bits per heavy atom. The summed E-state index contributed by atoms with van der Waals surface area (Å²) in [5.74, 6) is -0.807. The van der Waals surface area contributed by atoms with Crippen molar-refractivity contribution in [2.24, 2.45) is 5.73 Å². The first-order chi connectivity index (χ1) is 11.8. The fourth-order valence-corrected chi connectivity index (χ4v) is 2.59. The van der Waals surface area contributed by atoms with E-state index in [9.17, 15) is 9.59 Å². The molecule has 1 heterocycles. The number of pyridine rings is 1. The van der Waals surface area contributed by atoms with Gasteiger partial charge in [-0.25, -0.2) is 4.98 Å². The Hall–Kier alpha value is -1.73. The normalized spacial score (nSPS) is 10.4. The largest absolute Gasteiger partial charge is 0.491 e. The van der Waals surface area contributed by atoms with Crippen molar-refractivity contribution in [3.05, 3.63) is 50.2 Å². The number of benzene rings is 1. The van der Waals surface area contributed by atoms with E-state index in [-0.39, 0.29) is 38.9 Å². The van der Waals surface area contributed by atoms with Crippen molar-refractivity contribution in [3.63, 3.8) is 0 Å². The molecule has 10 heteroatoms. The third-order valence-corrected chi connectivity index (χ3v) is 4.62. The van der Waals surface area contributed by atoms with Crippen LogP contribution in [0, 0.1) is 0 Å². The van der Waals surface area contributed by atoms with Gasteiger partial charge in [0.1, 0.15) is 16.6 Å². The quantitative estimate of drug-likeness (QED) is 0.682. The highest BCUT2D eigenvalue weighted by Crippen LogP contribution is 2.36. The van der Waals surface area contributed by atoms with Gasteiger partial charge in [0.05, 0.1) is 33.8 Å². The zero-order valence-corrected chi connectivity index (χ0v) is 15.5. The van der Waals surface area contributed by atoms with Crippen LogP contribution in [0.3, 0.4) is 0 Å². The van der Waals surface area contributed by atoms with Crippen molar-refractivity contribution < 1.29 is 14.3 Å². The van der Waals surface area contributed by atoms with Crippen LogP contribution >= 0.6 is 46.4 Å². The number of primary amides is 1. The maximum Gasteiger partial charge on any atom is 0.276 e. The van der Waals surface area contributed by atoms with Crippen molar-refractivity contribution in [1.82, 2.24) is 4.98 Å². The van der Waals surface area contributed by atoms with E-state index in [1.54, 1.807) is 24.3 Å². The van der Waals surface area contributed by atoms with Gasteiger partial charge in [-0.3, -0.25) is 9.59 Å². The van der Waals surface area contributed by atoms with Crippen LogP contribution < -0.4 is 15.8 Å². The summed E-state index contributed by atoms with van der Waals surface area (Å²) in [6, 6.07) is 6.61. The molecule has 0 aliphatic rings. The average Bonchev–Trinajstić information content (AvgIpc) is 2.57. The summed E-state index contributed by atoms with van der Waals surface area (Å²) in [4.78, 5) is 27.1. The number of amides is 2. The molecule has 132 valence electrons. The molecule has 6 nitrogen and oxygen atoms in total. The highest BCUT2D eigenvalue weighted by atomic mass is 35.5. The summed E-state index contributed by atoms with van der Waals surface area (Å²) in [5, 5.41) is 2.21. The van der Waals surface area contributed by atoms with Gasteiger partial charge in [0.2, 0.25) is 5.91 Å². The van der Waals surface area contributed by atoms with Crippen molar-refractivity contribution in [1.29, 1.82) is 0 Å². The number of rotatable bonds is 6. The number of nitrogens with one attached hydrogen (secondary N) is 1. The molecule has 0 aliphatic heterocycles. The predicted octanol–water partition coefficient (Wildman–Crippen LogP) is 4.20. The predicted molar refractivity (Wildman–Crippen MR) is 98.0 cm³/mol. The Balaban J connectivity index is 2.23. The number of carbonyl (C=O) groups excluding carboxylic acids is 2. The fourth-order valence-electron chi connectivity index (χ4n) is 1.78. The van der Waals surface area contributed by atoms with Crippen LogP contribution in [-0.2, 0) is 4.79 Å². The third kappa shape index (κ3) is 4.89. The SMILES string of the molecule is NC(=O)CCOc1ccccc1NC(=O)c1nc(Cl)c(Cl)c(Cl)c1Cl. The van der Waals surface area contributed by atoms with Gasteiger partial charge in [-0.05, 0) is 12.1 Å². The van der Waals surface area contributed by atoms with Crippen LogP contribution in [0.1, 0.15) is 16.9 Å². The minimum Gasteiger partial charge on any atom is -0.491 e. The second kappa shape index (κ2) is 8.58. The summed E-state index contributed by atoms with van der Waals surface area (Å²) in [6.07, 6.45) is 0.0397. The Morgan fingerprint density at radius 1 is 1.08 bits per heavy atom. The van der Waals surface area contributed by atoms with E-state index in [0.717, 1.165) is 0 Å². The molecule has 1 aromatic carbocycles. The molecule has 0 radical (unpaired) electrons. The number of hydrogen-bond acceptors (Lipinski definition) is 4. The first kappa shape index (κ1) is 19.6. The monoisotopic (exact) mass is 421 g/mol. The van der Waals surface area contributed by atoms with Gasteiger partial charge in [0.25, 0.3) is 5.91 Å².